The molecule has 0 spiro atoms. The molecule has 26 heavy (non-hydrogen) atoms. The van der Waals surface area contributed by atoms with Crippen LogP contribution in [0, 0.1) is 11.5 Å². The van der Waals surface area contributed by atoms with Crippen molar-refractivity contribution in [3.8, 4) is 11.5 Å². The molecule has 1 aliphatic heterocycles. The minimum atomic E-state index is -3.21. The first-order chi connectivity index (χ1) is 12.1. The Hall–Kier alpha value is -1.67. The molecule has 2 amide bonds. The molecule has 0 aromatic heterocycles. The largest absolute Gasteiger partial charge is 0.344 e. The molecule has 5 nitrogen and oxygen atoms in total. The second-order valence-corrected chi connectivity index (χ2v) is 14.9. The average molecular weight is 391 g/mol. The maximum absolute atomic E-state index is 12.2. The third kappa shape index (κ3) is 5.67. The Bertz CT molecular complexity index is 769. The van der Waals surface area contributed by atoms with Crippen molar-refractivity contribution in [1.82, 2.24) is 4.90 Å². The maximum atomic E-state index is 12.2. The molecular weight excluding hydrogens is 365 g/mol. The number of nitrogens with zero attached hydrogens (tertiary/aromatic N) is 1. The molecule has 1 aliphatic rings. The number of benzene rings is 1. The van der Waals surface area contributed by atoms with E-state index in [-0.39, 0.29) is 24.1 Å². The highest BCUT2D eigenvalue weighted by Gasteiger charge is 2.34. The monoisotopic (exact) mass is 391 g/mol. The van der Waals surface area contributed by atoms with Crippen molar-refractivity contribution in [3.05, 3.63) is 35.4 Å². The van der Waals surface area contributed by atoms with Crippen LogP contribution >= 0.6 is 7.37 Å². The Morgan fingerprint density at radius 3 is 2.15 bits per heavy atom. The molecule has 0 saturated heterocycles. The zero-order chi connectivity index (χ0) is 19.4. The summed E-state index contributed by atoms with van der Waals surface area (Å²) in [5.41, 5.74) is 4.02. The van der Waals surface area contributed by atoms with Crippen LogP contribution in [-0.4, -0.2) is 48.6 Å². The summed E-state index contributed by atoms with van der Waals surface area (Å²) < 4.78 is 12.1. The van der Waals surface area contributed by atoms with Crippen LogP contribution in [0.25, 0.3) is 0 Å². The van der Waals surface area contributed by atoms with Crippen LogP contribution in [0.3, 0.4) is 0 Å². The van der Waals surface area contributed by atoms with Gasteiger partial charge in [0.15, 0.2) is 0 Å². The van der Waals surface area contributed by atoms with Crippen LogP contribution in [0.5, 0.6) is 0 Å². The minimum Gasteiger partial charge on any atom is -0.344 e. The van der Waals surface area contributed by atoms with E-state index in [2.05, 4.69) is 31.1 Å². The highest BCUT2D eigenvalue weighted by Crippen LogP contribution is 2.40. The summed E-state index contributed by atoms with van der Waals surface area (Å²) in [5.74, 6) is 2.37. The van der Waals surface area contributed by atoms with Crippen molar-refractivity contribution in [3.63, 3.8) is 0 Å². The molecule has 0 aliphatic carbocycles. The van der Waals surface area contributed by atoms with Gasteiger partial charge in [0, 0.05) is 12.7 Å². The first-order valence-electron chi connectivity index (χ1n) is 8.87. The van der Waals surface area contributed by atoms with Crippen LogP contribution in [-0.2, 0) is 4.57 Å². The molecule has 140 valence electrons. The van der Waals surface area contributed by atoms with E-state index in [0.29, 0.717) is 36.9 Å². The Balaban J connectivity index is 1.74. The standard InChI is InChI=1S/C19H26NO4PSi/c1-26(2,3)15-9-14-25(23,24)13-8-4-7-12-20-18(21)16-10-5-6-11-17(16)19(20)22/h5-6,10-11H,4,7-8,12-14H2,1-3H3,(H,23,24). The third-order valence-electron chi connectivity index (χ3n) is 4.06. The van der Waals surface area contributed by atoms with E-state index in [0.717, 1.165) is 0 Å². The summed E-state index contributed by atoms with van der Waals surface area (Å²) in [4.78, 5) is 35.7. The van der Waals surface area contributed by atoms with Crippen molar-refractivity contribution in [2.75, 3.05) is 18.9 Å². The van der Waals surface area contributed by atoms with Gasteiger partial charge in [0.05, 0.1) is 17.3 Å². The van der Waals surface area contributed by atoms with Gasteiger partial charge in [-0.05, 0) is 25.0 Å². The van der Waals surface area contributed by atoms with Gasteiger partial charge < -0.3 is 4.89 Å². The molecule has 0 fully saturated rings. The van der Waals surface area contributed by atoms with Gasteiger partial charge in [-0.25, -0.2) is 0 Å². The normalized spacial score (nSPS) is 16.1. The quantitative estimate of drug-likeness (QED) is 0.253. The number of imide groups is 1. The van der Waals surface area contributed by atoms with Crippen molar-refractivity contribution < 1.29 is 19.0 Å². The van der Waals surface area contributed by atoms with E-state index in [4.69, 9.17) is 0 Å². The molecule has 1 N–H and O–H groups in total. The second kappa shape index (κ2) is 8.35. The van der Waals surface area contributed by atoms with Crippen LogP contribution in [0.15, 0.2) is 24.3 Å². The maximum Gasteiger partial charge on any atom is 0.261 e. The molecule has 1 heterocycles. The Labute approximate surface area is 156 Å². The smallest absolute Gasteiger partial charge is 0.261 e. The number of amides is 2. The zero-order valence-corrected chi connectivity index (χ0v) is 17.5. The van der Waals surface area contributed by atoms with Gasteiger partial charge in [0.2, 0.25) is 7.37 Å². The van der Waals surface area contributed by atoms with Crippen molar-refractivity contribution in [2.45, 2.75) is 38.9 Å². The first-order valence-corrected chi connectivity index (χ1v) is 14.4. The molecule has 0 bridgehead atoms. The van der Waals surface area contributed by atoms with Gasteiger partial charge in [-0.2, -0.15) is 0 Å². The fraction of sp³-hybridized carbons (Fsp3) is 0.474. The number of carbonyl (C=O) groups is 2. The fourth-order valence-corrected chi connectivity index (χ4v) is 4.72. The number of hydrogen-bond acceptors (Lipinski definition) is 3. The zero-order valence-electron chi connectivity index (χ0n) is 15.6. The lowest BCUT2D eigenvalue weighted by molar-refractivity contribution is 0.0651. The number of hydrogen-bond donors (Lipinski definition) is 1. The van der Waals surface area contributed by atoms with Crippen LogP contribution in [0.4, 0.5) is 0 Å². The van der Waals surface area contributed by atoms with Crippen LogP contribution in [0.1, 0.15) is 40.0 Å². The van der Waals surface area contributed by atoms with Crippen LogP contribution < -0.4 is 0 Å². The van der Waals surface area contributed by atoms with Crippen molar-refractivity contribution in [1.29, 1.82) is 0 Å². The summed E-state index contributed by atoms with van der Waals surface area (Å²) >= 11 is 0. The Morgan fingerprint density at radius 2 is 1.62 bits per heavy atom. The highest BCUT2D eigenvalue weighted by molar-refractivity contribution is 7.58. The number of unbranched alkanes of at least 4 members (excludes halogenated alkanes) is 2. The van der Waals surface area contributed by atoms with Gasteiger partial charge in [0.1, 0.15) is 8.07 Å². The summed E-state index contributed by atoms with van der Waals surface area (Å²) in [7, 11) is -4.73. The number of fused-ring (bicyclic) bond motifs is 1. The van der Waals surface area contributed by atoms with E-state index in [9.17, 15) is 19.0 Å². The van der Waals surface area contributed by atoms with E-state index in [1.165, 1.54) is 4.90 Å². The summed E-state index contributed by atoms with van der Waals surface area (Å²) in [6.07, 6.45) is 2.20. The Kier molecular flexibility index (Phi) is 6.62. The molecule has 1 aromatic rings. The lowest BCUT2D eigenvalue weighted by Crippen LogP contribution is -2.30. The third-order valence-corrected chi connectivity index (χ3v) is 6.65. The summed E-state index contributed by atoms with van der Waals surface area (Å²) in [5, 5.41) is 0. The van der Waals surface area contributed by atoms with E-state index in [1.54, 1.807) is 24.3 Å². The van der Waals surface area contributed by atoms with E-state index in [1.807, 2.05) is 0 Å². The molecule has 0 saturated carbocycles. The van der Waals surface area contributed by atoms with Gasteiger partial charge in [0.25, 0.3) is 11.8 Å². The van der Waals surface area contributed by atoms with Crippen LogP contribution in [0.2, 0.25) is 19.6 Å². The van der Waals surface area contributed by atoms with Gasteiger partial charge >= 0.3 is 0 Å². The number of carbonyl (C=O) groups excluding carboxylic acids is 2. The summed E-state index contributed by atoms with van der Waals surface area (Å²) in [6, 6.07) is 6.83. The lowest BCUT2D eigenvalue weighted by atomic mass is 10.1. The van der Waals surface area contributed by atoms with Gasteiger partial charge in [-0.15, -0.1) is 11.5 Å². The molecule has 1 atom stereocenters. The first kappa shape index (κ1) is 20.6. The summed E-state index contributed by atoms with van der Waals surface area (Å²) in [6.45, 7) is 6.64. The fourth-order valence-electron chi connectivity index (χ4n) is 2.76. The predicted molar refractivity (Wildman–Crippen MR) is 106 cm³/mol. The van der Waals surface area contributed by atoms with Gasteiger partial charge in [-0.3, -0.25) is 19.1 Å². The molecule has 7 heteroatoms. The topological polar surface area (TPSA) is 74.7 Å². The molecule has 0 radical (unpaired) electrons. The lowest BCUT2D eigenvalue weighted by Gasteiger charge is -2.14. The Morgan fingerprint density at radius 1 is 1.04 bits per heavy atom. The minimum absolute atomic E-state index is 0.0513. The second-order valence-electron chi connectivity index (χ2n) is 7.65. The van der Waals surface area contributed by atoms with Crippen molar-refractivity contribution >= 4 is 27.3 Å². The molecule has 1 unspecified atom stereocenters. The van der Waals surface area contributed by atoms with E-state index >= 15 is 0 Å². The van der Waals surface area contributed by atoms with Gasteiger partial charge in [-0.1, -0.05) is 38.2 Å². The predicted octanol–water partition coefficient (Wildman–Crippen LogP) is 3.60. The van der Waals surface area contributed by atoms with Crippen molar-refractivity contribution in [2.24, 2.45) is 0 Å². The average Bonchev–Trinajstić information content (AvgIpc) is 2.78. The molecule has 1 aromatic carbocycles. The number of rotatable bonds is 7. The highest BCUT2D eigenvalue weighted by atomic mass is 31.2. The molecular formula is C19H26NO4PSi. The SMILES string of the molecule is C[Si](C)(C)C#CCP(=O)(O)CCCCCN1C(=O)c2ccccc2C1=O. The molecule has 2 rings (SSSR count). The van der Waals surface area contributed by atoms with E-state index < -0.39 is 15.4 Å².